The SMILES string of the molecule is Oc1[nH]c(O)c2c1C1CC[C@H]2C1. The molecule has 2 atom stereocenters. The molecule has 3 rings (SSSR count). The molecule has 1 saturated carbocycles. The Morgan fingerprint density at radius 2 is 1.50 bits per heavy atom. The molecule has 12 heavy (non-hydrogen) atoms. The van der Waals surface area contributed by atoms with Crippen molar-refractivity contribution in [1.82, 2.24) is 4.98 Å². The third-order valence-corrected chi connectivity index (χ3v) is 3.29. The molecule has 0 amide bonds. The third kappa shape index (κ3) is 0.543. The highest BCUT2D eigenvalue weighted by molar-refractivity contribution is 5.53. The maximum atomic E-state index is 9.46. The molecule has 0 saturated heterocycles. The smallest absolute Gasteiger partial charge is 0.195 e. The zero-order valence-corrected chi connectivity index (χ0v) is 6.67. The molecule has 0 spiro atoms. The van der Waals surface area contributed by atoms with Crippen molar-refractivity contribution in [3.63, 3.8) is 0 Å². The van der Waals surface area contributed by atoms with Gasteiger partial charge in [-0.2, -0.15) is 0 Å². The van der Waals surface area contributed by atoms with Gasteiger partial charge in [0.25, 0.3) is 0 Å². The van der Waals surface area contributed by atoms with Crippen LogP contribution in [0.1, 0.15) is 42.2 Å². The van der Waals surface area contributed by atoms with Crippen molar-refractivity contribution >= 4 is 0 Å². The van der Waals surface area contributed by atoms with Gasteiger partial charge < -0.3 is 10.2 Å². The molecule has 3 N–H and O–H groups in total. The standard InChI is InChI=1S/C9H11NO2/c11-8-6-4-1-2-5(3-4)7(6)9(12)10-8/h4-5,10-12H,1-3H2/t4-,5?/m0/s1. The van der Waals surface area contributed by atoms with E-state index in [1.165, 1.54) is 12.8 Å². The Labute approximate surface area is 70.0 Å². The van der Waals surface area contributed by atoms with E-state index >= 15 is 0 Å². The minimum atomic E-state index is 0.190. The van der Waals surface area contributed by atoms with Gasteiger partial charge in [-0.25, -0.2) is 0 Å². The number of aromatic hydroxyl groups is 2. The van der Waals surface area contributed by atoms with Crippen molar-refractivity contribution in [2.45, 2.75) is 31.1 Å². The van der Waals surface area contributed by atoms with Crippen LogP contribution in [0.2, 0.25) is 0 Å². The maximum absolute atomic E-state index is 9.46. The first kappa shape index (κ1) is 6.40. The first-order valence-corrected chi connectivity index (χ1v) is 4.41. The highest BCUT2D eigenvalue weighted by atomic mass is 16.3. The largest absolute Gasteiger partial charge is 0.494 e. The van der Waals surface area contributed by atoms with Crippen molar-refractivity contribution in [1.29, 1.82) is 0 Å². The first-order valence-electron chi connectivity index (χ1n) is 4.41. The molecule has 1 heterocycles. The molecule has 0 aliphatic heterocycles. The zero-order valence-electron chi connectivity index (χ0n) is 6.67. The van der Waals surface area contributed by atoms with Gasteiger partial charge in [0, 0.05) is 11.1 Å². The molecular formula is C9H11NO2. The summed E-state index contributed by atoms with van der Waals surface area (Å²) < 4.78 is 0. The number of nitrogens with one attached hydrogen (secondary N) is 1. The van der Waals surface area contributed by atoms with E-state index in [2.05, 4.69) is 4.98 Å². The Kier molecular flexibility index (Phi) is 0.953. The van der Waals surface area contributed by atoms with Crippen molar-refractivity contribution in [3.8, 4) is 11.8 Å². The van der Waals surface area contributed by atoms with Crippen LogP contribution < -0.4 is 0 Å². The van der Waals surface area contributed by atoms with Crippen molar-refractivity contribution < 1.29 is 10.2 Å². The molecule has 2 aliphatic carbocycles. The number of fused-ring (bicyclic) bond motifs is 5. The summed E-state index contributed by atoms with van der Waals surface area (Å²) in [6.07, 6.45) is 3.46. The van der Waals surface area contributed by atoms with Gasteiger partial charge in [-0.05, 0) is 31.1 Å². The lowest BCUT2D eigenvalue weighted by atomic mass is 9.95. The van der Waals surface area contributed by atoms with Crippen molar-refractivity contribution in [3.05, 3.63) is 11.1 Å². The molecule has 1 fully saturated rings. The summed E-state index contributed by atoms with van der Waals surface area (Å²) in [5, 5.41) is 18.9. The predicted octanol–water partition coefficient (Wildman–Crippen LogP) is 1.79. The number of rotatable bonds is 0. The summed E-state index contributed by atoms with van der Waals surface area (Å²) in [5.74, 6) is 1.38. The molecular weight excluding hydrogens is 154 g/mol. The summed E-state index contributed by atoms with van der Waals surface area (Å²) in [7, 11) is 0. The summed E-state index contributed by atoms with van der Waals surface area (Å²) in [5.41, 5.74) is 1.98. The second kappa shape index (κ2) is 1.79. The zero-order chi connectivity index (χ0) is 8.29. The fraction of sp³-hybridized carbons (Fsp3) is 0.556. The lowest BCUT2D eigenvalue weighted by Gasteiger charge is -2.09. The Morgan fingerprint density at radius 1 is 1.00 bits per heavy atom. The van der Waals surface area contributed by atoms with Crippen LogP contribution in [0.3, 0.4) is 0 Å². The Balaban J connectivity index is 2.28. The number of H-pyrrole nitrogens is 1. The molecule has 0 radical (unpaired) electrons. The quantitative estimate of drug-likeness (QED) is 0.549. The molecule has 1 unspecified atom stereocenters. The summed E-state index contributed by atoms with van der Waals surface area (Å²) in [6, 6.07) is 0. The molecule has 1 aromatic rings. The number of aromatic amines is 1. The molecule has 2 bridgehead atoms. The summed E-state index contributed by atoms with van der Waals surface area (Å²) in [4.78, 5) is 2.59. The van der Waals surface area contributed by atoms with E-state index in [0.29, 0.717) is 11.8 Å². The predicted molar refractivity (Wildman–Crippen MR) is 43.5 cm³/mol. The van der Waals surface area contributed by atoms with Gasteiger partial charge in [-0.15, -0.1) is 0 Å². The molecule has 0 aromatic carbocycles. The normalized spacial score (nSPS) is 31.0. The van der Waals surface area contributed by atoms with Crippen molar-refractivity contribution in [2.24, 2.45) is 0 Å². The van der Waals surface area contributed by atoms with Gasteiger partial charge in [0.05, 0.1) is 0 Å². The summed E-state index contributed by atoms with van der Waals surface area (Å²) >= 11 is 0. The van der Waals surface area contributed by atoms with E-state index < -0.39 is 0 Å². The van der Waals surface area contributed by atoms with Gasteiger partial charge in [-0.3, -0.25) is 4.98 Å². The number of hydrogen-bond donors (Lipinski definition) is 3. The van der Waals surface area contributed by atoms with Crippen LogP contribution in [0, 0.1) is 0 Å². The average Bonchev–Trinajstić information content (AvgIpc) is 2.64. The fourth-order valence-corrected chi connectivity index (χ4v) is 2.83. The second-order valence-corrected chi connectivity index (χ2v) is 3.86. The van der Waals surface area contributed by atoms with Crippen LogP contribution in [-0.2, 0) is 0 Å². The van der Waals surface area contributed by atoms with Gasteiger partial charge in [0.1, 0.15) is 0 Å². The highest BCUT2D eigenvalue weighted by Gasteiger charge is 2.42. The van der Waals surface area contributed by atoms with E-state index in [1.807, 2.05) is 0 Å². The molecule has 64 valence electrons. The molecule has 1 aromatic heterocycles. The van der Waals surface area contributed by atoms with Crippen LogP contribution in [0.5, 0.6) is 11.8 Å². The van der Waals surface area contributed by atoms with Gasteiger partial charge in [-0.1, -0.05) is 0 Å². The van der Waals surface area contributed by atoms with Crippen molar-refractivity contribution in [2.75, 3.05) is 0 Å². The lowest BCUT2D eigenvalue weighted by molar-refractivity contribution is 0.417. The van der Waals surface area contributed by atoms with Gasteiger partial charge in [0.2, 0.25) is 0 Å². The van der Waals surface area contributed by atoms with E-state index in [1.54, 1.807) is 0 Å². The van der Waals surface area contributed by atoms with Crippen LogP contribution in [-0.4, -0.2) is 15.2 Å². The van der Waals surface area contributed by atoms with Gasteiger partial charge >= 0.3 is 0 Å². The van der Waals surface area contributed by atoms with E-state index in [0.717, 1.165) is 17.5 Å². The van der Waals surface area contributed by atoms with Crippen LogP contribution in [0.15, 0.2) is 0 Å². The van der Waals surface area contributed by atoms with E-state index in [4.69, 9.17) is 0 Å². The average molecular weight is 165 g/mol. The van der Waals surface area contributed by atoms with E-state index in [9.17, 15) is 10.2 Å². The van der Waals surface area contributed by atoms with E-state index in [-0.39, 0.29) is 11.8 Å². The molecule has 3 heteroatoms. The van der Waals surface area contributed by atoms with Crippen LogP contribution in [0.25, 0.3) is 0 Å². The molecule has 2 aliphatic rings. The Morgan fingerprint density at radius 3 is 2.00 bits per heavy atom. The minimum Gasteiger partial charge on any atom is -0.494 e. The topological polar surface area (TPSA) is 56.2 Å². The summed E-state index contributed by atoms with van der Waals surface area (Å²) in [6.45, 7) is 0. The third-order valence-electron chi connectivity index (χ3n) is 3.29. The molecule has 3 nitrogen and oxygen atoms in total. The highest BCUT2D eigenvalue weighted by Crippen LogP contribution is 2.58. The van der Waals surface area contributed by atoms with Crippen LogP contribution >= 0.6 is 0 Å². The van der Waals surface area contributed by atoms with Gasteiger partial charge in [0.15, 0.2) is 11.8 Å². The first-order chi connectivity index (χ1) is 5.77. The fourth-order valence-electron chi connectivity index (χ4n) is 2.83. The Hall–Kier alpha value is -1.12. The van der Waals surface area contributed by atoms with Crippen LogP contribution in [0.4, 0.5) is 0 Å². The monoisotopic (exact) mass is 165 g/mol. The Bertz CT molecular complexity index is 312. The number of aromatic nitrogens is 1. The number of hydrogen-bond acceptors (Lipinski definition) is 2. The minimum absolute atomic E-state index is 0.190. The lowest BCUT2D eigenvalue weighted by Crippen LogP contribution is -1.93. The maximum Gasteiger partial charge on any atom is 0.195 e. The second-order valence-electron chi connectivity index (χ2n) is 3.86.